The first-order chi connectivity index (χ1) is 4.63. The molecule has 0 heterocycles. The van der Waals surface area contributed by atoms with Crippen LogP contribution >= 0.6 is 12.6 Å². The van der Waals surface area contributed by atoms with Crippen molar-refractivity contribution >= 4 is 12.6 Å². The third-order valence-corrected chi connectivity index (χ3v) is 2.94. The van der Waals surface area contributed by atoms with Crippen LogP contribution in [0.5, 0.6) is 0 Å². The molecule has 0 bridgehead atoms. The summed E-state index contributed by atoms with van der Waals surface area (Å²) < 4.78 is 0. The van der Waals surface area contributed by atoms with Gasteiger partial charge in [0.1, 0.15) is 0 Å². The Labute approximate surface area is 69.2 Å². The minimum absolute atomic E-state index is 0.267. The molecule has 0 aliphatic rings. The molecule has 0 saturated heterocycles. The second kappa shape index (κ2) is 5.03. The van der Waals surface area contributed by atoms with Crippen LogP contribution < -0.4 is 0 Å². The first-order valence-electron chi connectivity index (χ1n) is 3.92. The lowest BCUT2D eigenvalue weighted by atomic mass is 9.95. The average Bonchev–Trinajstić information content (AvgIpc) is 1.90. The molecule has 2 atom stereocenters. The van der Waals surface area contributed by atoms with Crippen molar-refractivity contribution in [2.24, 2.45) is 11.8 Å². The Hall–Kier alpha value is 0.310. The molecule has 0 aromatic rings. The molecule has 0 amide bonds. The molecule has 0 radical (unpaired) electrons. The van der Waals surface area contributed by atoms with Crippen LogP contribution in [0, 0.1) is 11.8 Å². The maximum atomic E-state index is 8.90. The zero-order valence-electron chi connectivity index (χ0n) is 7.04. The number of aliphatic hydroxyl groups excluding tert-OH is 1. The summed E-state index contributed by atoms with van der Waals surface area (Å²) in [6.07, 6.45) is 1.02. The minimum Gasteiger partial charge on any atom is -0.396 e. The van der Waals surface area contributed by atoms with E-state index in [2.05, 4.69) is 33.4 Å². The molecule has 0 aliphatic carbocycles. The van der Waals surface area contributed by atoms with E-state index in [1.165, 1.54) is 0 Å². The maximum absolute atomic E-state index is 8.90. The molecule has 0 aliphatic heterocycles. The van der Waals surface area contributed by atoms with Crippen LogP contribution in [-0.2, 0) is 0 Å². The summed E-state index contributed by atoms with van der Waals surface area (Å²) in [6, 6.07) is 0. The van der Waals surface area contributed by atoms with Gasteiger partial charge in [-0.1, -0.05) is 27.2 Å². The van der Waals surface area contributed by atoms with E-state index in [-0.39, 0.29) is 6.61 Å². The van der Waals surface area contributed by atoms with E-state index in [1.807, 2.05) is 0 Å². The Balaban J connectivity index is 3.76. The van der Waals surface area contributed by atoms with E-state index in [1.54, 1.807) is 0 Å². The third-order valence-electron chi connectivity index (χ3n) is 1.92. The van der Waals surface area contributed by atoms with E-state index in [0.29, 0.717) is 17.1 Å². The molecular formula is C8H18OS. The van der Waals surface area contributed by atoms with Gasteiger partial charge in [-0.3, -0.25) is 0 Å². The molecule has 0 fully saturated rings. The van der Waals surface area contributed by atoms with Crippen molar-refractivity contribution in [3.63, 3.8) is 0 Å². The van der Waals surface area contributed by atoms with Gasteiger partial charge < -0.3 is 5.11 Å². The second-order valence-electron chi connectivity index (χ2n) is 3.09. The van der Waals surface area contributed by atoms with Gasteiger partial charge in [0, 0.05) is 11.9 Å². The van der Waals surface area contributed by atoms with Crippen LogP contribution in [0.2, 0.25) is 0 Å². The Morgan fingerprint density at radius 2 is 1.90 bits per heavy atom. The highest BCUT2D eigenvalue weighted by Crippen LogP contribution is 2.20. The molecule has 2 heteroatoms. The van der Waals surface area contributed by atoms with E-state index in [0.717, 1.165) is 6.42 Å². The lowest BCUT2D eigenvalue weighted by Crippen LogP contribution is -2.23. The molecule has 0 unspecified atom stereocenters. The first-order valence-corrected chi connectivity index (χ1v) is 4.44. The summed E-state index contributed by atoms with van der Waals surface area (Å²) >= 11 is 4.42. The highest BCUT2D eigenvalue weighted by atomic mass is 32.1. The SMILES string of the molecule is CC[C@H](CO)[C@@H](S)C(C)C. The monoisotopic (exact) mass is 162 g/mol. The Morgan fingerprint density at radius 1 is 1.40 bits per heavy atom. The van der Waals surface area contributed by atoms with Gasteiger partial charge in [0.2, 0.25) is 0 Å². The van der Waals surface area contributed by atoms with Crippen molar-refractivity contribution < 1.29 is 5.11 Å². The van der Waals surface area contributed by atoms with Gasteiger partial charge in [0.15, 0.2) is 0 Å². The zero-order chi connectivity index (χ0) is 8.15. The van der Waals surface area contributed by atoms with Crippen LogP contribution in [0.3, 0.4) is 0 Å². The molecule has 0 saturated carbocycles. The lowest BCUT2D eigenvalue weighted by Gasteiger charge is -2.22. The third kappa shape index (κ3) is 2.93. The number of aliphatic hydroxyl groups is 1. The minimum atomic E-state index is 0.267. The van der Waals surface area contributed by atoms with Crippen LogP contribution in [0.4, 0.5) is 0 Å². The van der Waals surface area contributed by atoms with Crippen molar-refractivity contribution in [1.82, 2.24) is 0 Å². The number of thiol groups is 1. The van der Waals surface area contributed by atoms with Crippen LogP contribution in [0.15, 0.2) is 0 Å². The summed E-state index contributed by atoms with van der Waals surface area (Å²) in [7, 11) is 0. The summed E-state index contributed by atoms with van der Waals surface area (Å²) in [5.74, 6) is 0.920. The lowest BCUT2D eigenvalue weighted by molar-refractivity contribution is 0.208. The van der Waals surface area contributed by atoms with Crippen molar-refractivity contribution in [1.29, 1.82) is 0 Å². The van der Waals surface area contributed by atoms with Crippen molar-refractivity contribution in [2.45, 2.75) is 32.4 Å². The number of hydrogen-bond acceptors (Lipinski definition) is 2. The van der Waals surface area contributed by atoms with Crippen LogP contribution in [0.1, 0.15) is 27.2 Å². The second-order valence-corrected chi connectivity index (χ2v) is 3.68. The fourth-order valence-corrected chi connectivity index (χ4v) is 1.33. The van der Waals surface area contributed by atoms with Crippen molar-refractivity contribution in [3.05, 3.63) is 0 Å². The van der Waals surface area contributed by atoms with Gasteiger partial charge >= 0.3 is 0 Å². The molecule has 0 aromatic heterocycles. The molecule has 1 nitrogen and oxygen atoms in total. The molecular weight excluding hydrogens is 144 g/mol. The van der Waals surface area contributed by atoms with Gasteiger partial charge in [-0.2, -0.15) is 12.6 Å². The van der Waals surface area contributed by atoms with Crippen molar-refractivity contribution in [2.75, 3.05) is 6.61 Å². The maximum Gasteiger partial charge on any atom is 0.0469 e. The molecule has 0 spiro atoms. The van der Waals surface area contributed by atoms with Gasteiger partial charge in [0.05, 0.1) is 0 Å². The summed E-state index contributed by atoms with van der Waals surface area (Å²) in [6.45, 7) is 6.63. The quantitative estimate of drug-likeness (QED) is 0.605. The highest BCUT2D eigenvalue weighted by Gasteiger charge is 2.17. The molecule has 0 aromatic carbocycles. The predicted octanol–water partition coefficient (Wildman–Crippen LogP) is 1.96. The van der Waals surface area contributed by atoms with E-state index in [4.69, 9.17) is 5.11 Å². The fraction of sp³-hybridized carbons (Fsp3) is 1.00. The van der Waals surface area contributed by atoms with Crippen molar-refractivity contribution in [3.8, 4) is 0 Å². The Bertz CT molecular complexity index is 79.3. The summed E-state index contributed by atoms with van der Waals surface area (Å²) in [5.41, 5.74) is 0. The summed E-state index contributed by atoms with van der Waals surface area (Å²) in [5, 5.41) is 9.24. The van der Waals surface area contributed by atoms with E-state index < -0.39 is 0 Å². The number of rotatable bonds is 4. The van der Waals surface area contributed by atoms with E-state index >= 15 is 0 Å². The number of hydrogen-bond donors (Lipinski definition) is 2. The Morgan fingerprint density at radius 3 is 2.00 bits per heavy atom. The van der Waals surface area contributed by atoms with Gasteiger partial charge in [0.25, 0.3) is 0 Å². The average molecular weight is 162 g/mol. The molecule has 62 valence electrons. The van der Waals surface area contributed by atoms with Gasteiger partial charge in [-0.25, -0.2) is 0 Å². The highest BCUT2D eigenvalue weighted by molar-refractivity contribution is 7.81. The van der Waals surface area contributed by atoms with Gasteiger partial charge in [-0.15, -0.1) is 0 Å². The Kier molecular flexibility index (Phi) is 5.18. The van der Waals surface area contributed by atoms with Gasteiger partial charge in [-0.05, 0) is 11.8 Å². The zero-order valence-corrected chi connectivity index (χ0v) is 7.94. The van der Waals surface area contributed by atoms with Crippen LogP contribution in [-0.4, -0.2) is 17.0 Å². The van der Waals surface area contributed by atoms with E-state index in [9.17, 15) is 0 Å². The normalized spacial score (nSPS) is 17.4. The molecule has 1 N–H and O–H groups in total. The molecule has 10 heavy (non-hydrogen) atoms. The predicted molar refractivity (Wildman–Crippen MR) is 48.5 cm³/mol. The summed E-state index contributed by atoms with van der Waals surface area (Å²) in [4.78, 5) is 0. The fourth-order valence-electron chi connectivity index (χ4n) is 1.02. The standard InChI is InChI=1S/C8H18OS/c1-4-7(5-9)8(10)6(2)3/h6-10H,4-5H2,1-3H3/t7-,8+/m1/s1. The largest absolute Gasteiger partial charge is 0.396 e. The molecule has 0 rings (SSSR count). The first kappa shape index (κ1) is 10.3. The topological polar surface area (TPSA) is 20.2 Å². The smallest absolute Gasteiger partial charge is 0.0469 e. The van der Waals surface area contributed by atoms with Crippen LogP contribution in [0.25, 0.3) is 0 Å².